The lowest BCUT2D eigenvalue weighted by atomic mass is 10.00. The van der Waals surface area contributed by atoms with Crippen molar-refractivity contribution < 1.29 is 4.79 Å². The second-order valence-corrected chi connectivity index (χ2v) is 5.55. The number of hydrazine groups is 1. The summed E-state index contributed by atoms with van der Waals surface area (Å²) in [6.07, 6.45) is 4.75. The number of nitrogens with zero attached hydrogens (tertiary/aromatic N) is 3. The van der Waals surface area contributed by atoms with E-state index < -0.39 is 0 Å². The lowest BCUT2D eigenvalue weighted by Gasteiger charge is -2.38. The minimum atomic E-state index is 0.338. The Morgan fingerprint density at radius 2 is 2.05 bits per heavy atom. The molecule has 0 N–H and O–H groups in total. The van der Waals surface area contributed by atoms with Crippen LogP contribution in [0.25, 0.3) is 10.9 Å². The van der Waals surface area contributed by atoms with Gasteiger partial charge in [-0.15, -0.1) is 0 Å². The van der Waals surface area contributed by atoms with Gasteiger partial charge in [0.05, 0.1) is 17.7 Å². The van der Waals surface area contributed by atoms with Gasteiger partial charge in [0.2, 0.25) is 0 Å². The molecule has 0 atom stereocenters. The molecule has 0 bridgehead atoms. The van der Waals surface area contributed by atoms with Crippen molar-refractivity contribution in [1.82, 2.24) is 9.99 Å². The molecule has 0 saturated carbocycles. The zero-order valence-corrected chi connectivity index (χ0v) is 11.4. The van der Waals surface area contributed by atoms with Gasteiger partial charge < -0.3 is 5.01 Å². The number of hydrogen-bond donors (Lipinski definition) is 0. The van der Waals surface area contributed by atoms with E-state index >= 15 is 0 Å². The predicted octanol–water partition coefficient (Wildman–Crippen LogP) is 2.18. The normalized spacial score (nSPS) is 19.6. The predicted molar refractivity (Wildman–Crippen MR) is 78.6 cm³/mol. The first-order chi connectivity index (χ1) is 9.83. The Kier molecular flexibility index (Phi) is 2.70. The number of ketones is 1. The maximum atomic E-state index is 11.6. The molecule has 0 aliphatic carbocycles. The molecule has 4 heteroatoms. The van der Waals surface area contributed by atoms with Gasteiger partial charge in [-0.1, -0.05) is 18.2 Å². The van der Waals surface area contributed by atoms with Crippen LogP contribution in [-0.4, -0.2) is 35.4 Å². The molecular weight excluding hydrogens is 250 g/mol. The number of hydrogen-bond acceptors (Lipinski definition) is 4. The molecule has 4 rings (SSSR count). The van der Waals surface area contributed by atoms with Crippen molar-refractivity contribution in [2.24, 2.45) is 0 Å². The van der Waals surface area contributed by atoms with Gasteiger partial charge in [0, 0.05) is 31.1 Å². The molecule has 1 saturated heterocycles. The van der Waals surface area contributed by atoms with E-state index in [-0.39, 0.29) is 0 Å². The van der Waals surface area contributed by atoms with Gasteiger partial charge in [0.25, 0.3) is 0 Å². The van der Waals surface area contributed by atoms with Crippen LogP contribution in [0.1, 0.15) is 18.4 Å². The standard InChI is InChI=1S/C16H17N3O/c20-14-7-10-18(11-14)19-9-2-4-13-6-5-12-3-1-8-17-15(12)16(13)19/h1,3,5-6,8H,2,4,7,9-11H2. The molecule has 2 aliphatic heterocycles. The molecule has 4 nitrogen and oxygen atoms in total. The van der Waals surface area contributed by atoms with Gasteiger partial charge in [0.15, 0.2) is 0 Å². The molecule has 1 fully saturated rings. The van der Waals surface area contributed by atoms with E-state index in [2.05, 4.69) is 33.2 Å². The first-order valence-corrected chi connectivity index (χ1v) is 7.23. The van der Waals surface area contributed by atoms with Crippen molar-refractivity contribution in [3.63, 3.8) is 0 Å². The highest BCUT2D eigenvalue weighted by molar-refractivity contribution is 5.93. The average Bonchev–Trinajstić information content (AvgIpc) is 2.93. The number of aryl methyl sites for hydroxylation is 1. The van der Waals surface area contributed by atoms with Crippen molar-refractivity contribution in [1.29, 1.82) is 0 Å². The van der Waals surface area contributed by atoms with Crippen LogP contribution in [0.4, 0.5) is 5.69 Å². The fraction of sp³-hybridized carbons (Fsp3) is 0.375. The summed E-state index contributed by atoms with van der Waals surface area (Å²) in [7, 11) is 0. The smallest absolute Gasteiger partial charge is 0.150 e. The van der Waals surface area contributed by atoms with Crippen molar-refractivity contribution in [2.75, 3.05) is 24.6 Å². The van der Waals surface area contributed by atoms with Crippen LogP contribution in [0.15, 0.2) is 30.5 Å². The first kappa shape index (κ1) is 11.9. The van der Waals surface area contributed by atoms with E-state index in [0.29, 0.717) is 18.7 Å². The second-order valence-electron chi connectivity index (χ2n) is 5.55. The number of benzene rings is 1. The molecule has 1 aromatic heterocycles. The van der Waals surface area contributed by atoms with Crippen molar-refractivity contribution in [3.05, 3.63) is 36.0 Å². The Bertz CT molecular complexity index is 682. The lowest BCUT2D eigenvalue weighted by molar-refractivity contribution is -0.116. The molecular formula is C16H17N3O. The number of carbonyl (C=O) groups excluding carboxylic acids is 1. The third-order valence-corrected chi connectivity index (χ3v) is 4.25. The minimum Gasteiger partial charge on any atom is -0.303 e. The summed E-state index contributed by atoms with van der Waals surface area (Å²) in [5.74, 6) is 0.338. The van der Waals surface area contributed by atoms with Gasteiger partial charge in [-0.3, -0.25) is 9.78 Å². The Morgan fingerprint density at radius 1 is 1.10 bits per heavy atom. The highest BCUT2D eigenvalue weighted by atomic mass is 16.1. The van der Waals surface area contributed by atoms with Crippen LogP contribution in [0.3, 0.4) is 0 Å². The van der Waals surface area contributed by atoms with Crippen molar-refractivity contribution >= 4 is 22.4 Å². The van der Waals surface area contributed by atoms with Gasteiger partial charge >= 0.3 is 0 Å². The van der Waals surface area contributed by atoms with Crippen molar-refractivity contribution in [2.45, 2.75) is 19.3 Å². The summed E-state index contributed by atoms with van der Waals surface area (Å²) in [5, 5.41) is 5.65. The van der Waals surface area contributed by atoms with Crippen LogP contribution in [0.5, 0.6) is 0 Å². The quantitative estimate of drug-likeness (QED) is 0.793. The molecule has 102 valence electrons. The number of carbonyl (C=O) groups is 1. The Balaban J connectivity index is 1.86. The number of rotatable bonds is 1. The topological polar surface area (TPSA) is 36.4 Å². The van der Waals surface area contributed by atoms with E-state index in [9.17, 15) is 4.79 Å². The number of aromatic nitrogens is 1. The number of fused-ring (bicyclic) bond motifs is 3. The molecule has 3 heterocycles. The number of Topliss-reactive ketones (excluding diaryl/α,β-unsaturated/α-hetero) is 1. The van der Waals surface area contributed by atoms with Crippen LogP contribution in [0.2, 0.25) is 0 Å². The summed E-state index contributed by atoms with van der Waals surface area (Å²) in [6.45, 7) is 2.36. The van der Waals surface area contributed by atoms with Gasteiger partial charge in [-0.05, 0) is 24.5 Å². The SMILES string of the molecule is O=C1CCN(N2CCCc3ccc4cccnc4c32)C1. The summed E-state index contributed by atoms with van der Waals surface area (Å²) in [4.78, 5) is 16.2. The Morgan fingerprint density at radius 3 is 2.90 bits per heavy atom. The highest BCUT2D eigenvalue weighted by Crippen LogP contribution is 2.35. The van der Waals surface area contributed by atoms with Crippen LogP contribution >= 0.6 is 0 Å². The maximum Gasteiger partial charge on any atom is 0.150 e. The van der Waals surface area contributed by atoms with Crippen molar-refractivity contribution in [3.8, 4) is 0 Å². The van der Waals surface area contributed by atoms with Crippen LogP contribution in [0, 0.1) is 0 Å². The van der Waals surface area contributed by atoms with Crippen LogP contribution in [-0.2, 0) is 11.2 Å². The lowest BCUT2D eigenvalue weighted by Crippen LogP contribution is -2.44. The molecule has 2 aliphatic rings. The zero-order chi connectivity index (χ0) is 13.5. The first-order valence-electron chi connectivity index (χ1n) is 7.23. The molecule has 0 amide bonds. The fourth-order valence-corrected chi connectivity index (χ4v) is 3.30. The summed E-state index contributed by atoms with van der Waals surface area (Å²) < 4.78 is 0. The fourth-order valence-electron chi connectivity index (χ4n) is 3.30. The van der Waals surface area contributed by atoms with Gasteiger partial charge in [-0.2, -0.15) is 0 Å². The molecule has 0 spiro atoms. The minimum absolute atomic E-state index is 0.338. The Labute approximate surface area is 118 Å². The number of pyridine rings is 1. The van der Waals surface area contributed by atoms with E-state index in [1.54, 1.807) is 0 Å². The van der Waals surface area contributed by atoms with E-state index in [1.807, 2.05) is 12.3 Å². The maximum absolute atomic E-state index is 11.6. The molecule has 20 heavy (non-hydrogen) atoms. The van der Waals surface area contributed by atoms with Gasteiger partial charge in [0.1, 0.15) is 5.78 Å². The third-order valence-electron chi connectivity index (χ3n) is 4.25. The van der Waals surface area contributed by atoms with E-state index in [4.69, 9.17) is 0 Å². The summed E-state index contributed by atoms with van der Waals surface area (Å²) in [5.41, 5.74) is 3.62. The molecule has 1 aromatic carbocycles. The summed E-state index contributed by atoms with van der Waals surface area (Å²) in [6, 6.07) is 8.44. The molecule has 0 radical (unpaired) electrons. The molecule has 2 aromatic rings. The Hall–Kier alpha value is -1.94. The second kappa shape index (κ2) is 4.56. The number of anilines is 1. The monoisotopic (exact) mass is 267 g/mol. The molecule has 0 unspecified atom stereocenters. The van der Waals surface area contributed by atoms with Gasteiger partial charge in [-0.25, -0.2) is 5.01 Å². The van der Waals surface area contributed by atoms with Crippen LogP contribution < -0.4 is 5.01 Å². The average molecular weight is 267 g/mol. The van der Waals surface area contributed by atoms with E-state index in [1.165, 1.54) is 16.6 Å². The summed E-state index contributed by atoms with van der Waals surface area (Å²) >= 11 is 0. The highest BCUT2D eigenvalue weighted by Gasteiger charge is 2.29. The third kappa shape index (κ3) is 1.79. The zero-order valence-electron chi connectivity index (χ0n) is 11.4. The largest absolute Gasteiger partial charge is 0.303 e. The van der Waals surface area contributed by atoms with E-state index in [0.717, 1.165) is 31.4 Å².